The molecule has 0 radical (unpaired) electrons. The lowest BCUT2D eigenvalue weighted by atomic mass is 9.71. The number of ether oxygens (including phenoxy) is 2. The Bertz CT molecular complexity index is 931. The van der Waals surface area contributed by atoms with Gasteiger partial charge in [-0.2, -0.15) is 5.10 Å². The van der Waals surface area contributed by atoms with Crippen molar-refractivity contribution >= 4 is 11.6 Å². The monoisotopic (exact) mass is 497 g/mol. The molecule has 2 heterocycles. The number of hydrogen-bond acceptors (Lipinski definition) is 9. The molecule has 2 aromatic rings. The number of rotatable bonds is 8. The Hall–Kier alpha value is -1.63. The molecule has 1 aliphatic heterocycles. The zero-order valence-corrected chi connectivity index (χ0v) is 19.7. The third kappa shape index (κ3) is 4.87. The van der Waals surface area contributed by atoms with Gasteiger partial charge in [-0.15, -0.1) is 0 Å². The second-order valence-corrected chi connectivity index (χ2v) is 10.1. The molecule has 0 amide bonds. The first kappa shape index (κ1) is 25.5. The molecule has 1 aromatic heterocycles. The standard InChI is InChI=1S/C23H32ClN3O7/c1-22(11-33-21-20(31)19(30)18(29)17(9-28)34-21)7-6-15(8-14-2-4-16(24)5-3-14)23(22,32)10-27-13-25-12-26-27/h2-5,12-13,15,17-21,28-32H,6-11H2,1H3/t15-,17+,18+,19-,20+,21-,22+,23+/m0/s1. The molecule has 1 saturated carbocycles. The van der Waals surface area contributed by atoms with E-state index in [1.165, 1.54) is 6.33 Å². The van der Waals surface area contributed by atoms with Crippen LogP contribution in [0.3, 0.4) is 0 Å². The lowest BCUT2D eigenvalue weighted by molar-refractivity contribution is -0.310. The van der Waals surface area contributed by atoms with Gasteiger partial charge in [0, 0.05) is 10.4 Å². The first-order valence-corrected chi connectivity index (χ1v) is 11.8. The molecule has 4 rings (SSSR count). The highest BCUT2D eigenvalue weighted by atomic mass is 35.5. The SMILES string of the molecule is C[C@]1(CO[C@H]2O[C@H](CO)[C@@H](O)[C@H](O)[C@H]2O)CC[C@@H](Cc2ccc(Cl)cc2)[C@]1(O)Cn1cncn1. The van der Waals surface area contributed by atoms with Crippen LogP contribution in [0.25, 0.3) is 0 Å². The Morgan fingerprint density at radius 3 is 2.56 bits per heavy atom. The van der Waals surface area contributed by atoms with Gasteiger partial charge in [0.2, 0.25) is 0 Å². The molecule has 8 atom stereocenters. The van der Waals surface area contributed by atoms with Gasteiger partial charge in [-0.05, 0) is 42.9 Å². The molecule has 188 valence electrons. The van der Waals surface area contributed by atoms with Crippen LogP contribution in [0, 0.1) is 11.3 Å². The van der Waals surface area contributed by atoms with Crippen LogP contribution in [-0.2, 0) is 22.4 Å². The van der Waals surface area contributed by atoms with Gasteiger partial charge < -0.3 is 35.0 Å². The van der Waals surface area contributed by atoms with E-state index in [2.05, 4.69) is 10.1 Å². The number of nitrogens with zero attached hydrogens (tertiary/aromatic N) is 3. The van der Waals surface area contributed by atoms with Gasteiger partial charge in [-0.25, -0.2) is 4.98 Å². The normalized spacial score (nSPS) is 38.3. The third-order valence-corrected chi connectivity index (χ3v) is 7.70. The average Bonchev–Trinajstić information content (AvgIpc) is 3.41. The maximum Gasteiger partial charge on any atom is 0.186 e. The van der Waals surface area contributed by atoms with Crippen LogP contribution in [0.15, 0.2) is 36.9 Å². The van der Waals surface area contributed by atoms with E-state index in [-0.39, 0.29) is 19.1 Å². The summed E-state index contributed by atoms with van der Waals surface area (Å²) in [6, 6.07) is 7.53. The molecule has 10 nitrogen and oxygen atoms in total. The van der Waals surface area contributed by atoms with E-state index in [1.807, 2.05) is 31.2 Å². The molecular weight excluding hydrogens is 466 g/mol. The lowest BCUT2D eigenvalue weighted by Crippen LogP contribution is -2.60. The fourth-order valence-electron chi connectivity index (χ4n) is 5.17. The second-order valence-electron chi connectivity index (χ2n) is 9.65. The summed E-state index contributed by atoms with van der Waals surface area (Å²) < 4.78 is 13.0. The highest BCUT2D eigenvalue weighted by Crippen LogP contribution is 2.52. The van der Waals surface area contributed by atoms with E-state index >= 15 is 0 Å². The van der Waals surface area contributed by atoms with Crippen molar-refractivity contribution in [2.75, 3.05) is 13.2 Å². The number of benzene rings is 1. The second kappa shape index (κ2) is 10.2. The zero-order chi connectivity index (χ0) is 24.5. The summed E-state index contributed by atoms with van der Waals surface area (Å²) >= 11 is 6.03. The van der Waals surface area contributed by atoms with E-state index < -0.39 is 48.3 Å². The molecule has 1 aliphatic carbocycles. The largest absolute Gasteiger partial charge is 0.394 e. The maximum atomic E-state index is 12.1. The minimum atomic E-state index is -1.53. The molecule has 0 bridgehead atoms. The van der Waals surface area contributed by atoms with Crippen LogP contribution in [-0.4, -0.2) is 89.8 Å². The van der Waals surface area contributed by atoms with Crippen molar-refractivity contribution in [2.24, 2.45) is 11.3 Å². The smallest absolute Gasteiger partial charge is 0.186 e. The predicted octanol–water partition coefficient (Wildman–Crippen LogP) is 0.138. The summed E-state index contributed by atoms with van der Waals surface area (Å²) in [5.41, 5.74) is -0.950. The number of hydrogen-bond donors (Lipinski definition) is 5. The van der Waals surface area contributed by atoms with Gasteiger partial charge in [0.1, 0.15) is 37.1 Å². The van der Waals surface area contributed by atoms with Crippen LogP contribution in [0.1, 0.15) is 25.3 Å². The summed E-state index contributed by atoms with van der Waals surface area (Å²) in [6.45, 7) is 1.58. The van der Waals surface area contributed by atoms with Gasteiger partial charge in [0.05, 0.1) is 25.4 Å². The summed E-state index contributed by atoms with van der Waals surface area (Å²) in [6.07, 6.45) is -1.88. The molecule has 0 spiro atoms. The van der Waals surface area contributed by atoms with Crippen LogP contribution in [0.5, 0.6) is 0 Å². The van der Waals surface area contributed by atoms with Crippen LogP contribution in [0.4, 0.5) is 0 Å². The Morgan fingerprint density at radius 2 is 1.91 bits per heavy atom. The van der Waals surface area contributed by atoms with Crippen molar-refractivity contribution in [1.82, 2.24) is 14.8 Å². The van der Waals surface area contributed by atoms with Crippen molar-refractivity contribution in [1.29, 1.82) is 0 Å². The topological polar surface area (TPSA) is 150 Å². The highest BCUT2D eigenvalue weighted by molar-refractivity contribution is 6.30. The first-order valence-electron chi connectivity index (χ1n) is 11.4. The molecular formula is C23H32ClN3O7. The molecule has 1 saturated heterocycles. The molecule has 11 heteroatoms. The van der Waals surface area contributed by atoms with Crippen molar-refractivity contribution in [3.05, 3.63) is 47.5 Å². The fraction of sp³-hybridized carbons (Fsp3) is 0.652. The Balaban J connectivity index is 1.54. The van der Waals surface area contributed by atoms with Gasteiger partial charge in [0.15, 0.2) is 6.29 Å². The number of aromatic nitrogens is 3. The van der Waals surface area contributed by atoms with Crippen LogP contribution >= 0.6 is 11.6 Å². The van der Waals surface area contributed by atoms with E-state index in [1.54, 1.807) is 11.0 Å². The minimum absolute atomic E-state index is 0.0119. The first-order chi connectivity index (χ1) is 16.2. The summed E-state index contributed by atoms with van der Waals surface area (Å²) in [5, 5.41) is 56.8. The van der Waals surface area contributed by atoms with Crippen LogP contribution < -0.4 is 0 Å². The van der Waals surface area contributed by atoms with Crippen molar-refractivity contribution in [3.8, 4) is 0 Å². The molecule has 0 unspecified atom stereocenters. The summed E-state index contributed by atoms with van der Waals surface area (Å²) in [4.78, 5) is 3.99. The van der Waals surface area contributed by atoms with Crippen molar-refractivity contribution in [2.45, 2.75) is 69.0 Å². The van der Waals surface area contributed by atoms with Gasteiger partial charge >= 0.3 is 0 Å². The molecule has 1 aromatic carbocycles. The quantitative estimate of drug-likeness (QED) is 0.343. The zero-order valence-electron chi connectivity index (χ0n) is 18.9. The Kier molecular flexibility index (Phi) is 7.61. The predicted molar refractivity (Wildman–Crippen MR) is 121 cm³/mol. The molecule has 34 heavy (non-hydrogen) atoms. The molecule has 5 N–H and O–H groups in total. The maximum absolute atomic E-state index is 12.1. The third-order valence-electron chi connectivity index (χ3n) is 7.44. The van der Waals surface area contributed by atoms with Gasteiger partial charge in [0.25, 0.3) is 0 Å². The average molecular weight is 498 g/mol. The van der Waals surface area contributed by atoms with Gasteiger partial charge in [-0.3, -0.25) is 4.68 Å². The van der Waals surface area contributed by atoms with Gasteiger partial charge in [-0.1, -0.05) is 30.7 Å². The van der Waals surface area contributed by atoms with E-state index in [4.69, 9.17) is 21.1 Å². The Morgan fingerprint density at radius 1 is 1.18 bits per heavy atom. The Labute approximate surface area is 202 Å². The highest BCUT2D eigenvalue weighted by Gasteiger charge is 2.57. The molecule has 2 aliphatic rings. The van der Waals surface area contributed by atoms with Crippen LogP contribution in [0.2, 0.25) is 5.02 Å². The van der Waals surface area contributed by atoms with Crippen molar-refractivity contribution in [3.63, 3.8) is 0 Å². The van der Waals surface area contributed by atoms with E-state index in [9.17, 15) is 25.5 Å². The summed E-state index contributed by atoms with van der Waals surface area (Å²) in [7, 11) is 0. The fourth-order valence-corrected chi connectivity index (χ4v) is 5.29. The minimum Gasteiger partial charge on any atom is -0.394 e. The van der Waals surface area contributed by atoms with Crippen molar-refractivity contribution < 1.29 is 35.0 Å². The van der Waals surface area contributed by atoms with E-state index in [0.717, 1.165) is 12.0 Å². The number of aliphatic hydroxyl groups is 5. The molecule has 2 fully saturated rings. The van der Waals surface area contributed by atoms with E-state index in [0.29, 0.717) is 17.9 Å². The number of halogens is 1. The number of aliphatic hydroxyl groups excluding tert-OH is 4. The summed E-state index contributed by atoms with van der Waals surface area (Å²) in [5.74, 6) is -0.124. The lowest BCUT2D eigenvalue weighted by Gasteiger charge is -2.45.